The first-order valence-corrected chi connectivity index (χ1v) is 8.19. The Balaban J connectivity index is 1.80. The smallest absolute Gasteiger partial charge is 0.234 e. The predicted molar refractivity (Wildman–Crippen MR) is 88.9 cm³/mol. The number of amides is 1. The van der Waals surface area contributed by atoms with E-state index in [2.05, 4.69) is 18.3 Å². The first-order valence-electron chi connectivity index (χ1n) is 8.19. The number of carbonyl (C=O) groups excluding carboxylic acids is 1. The summed E-state index contributed by atoms with van der Waals surface area (Å²) in [4.78, 5) is 14.2. The molecule has 1 N–H and O–H groups in total. The van der Waals surface area contributed by atoms with Crippen molar-refractivity contribution in [2.24, 2.45) is 5.92 Å². The van der Waals surface area contributed by atoms with Crippen LogP contribution in [0.25, 0.3) is 0 Å². The molecule has 1 aromatic carbocycles. The first-order chi connectivity index (χ1) is 10.6. The summed E-state index contributed by atoms with van der Waals surface area (Å²) in [6, 6.07) is 8.33. The number of ether oxygens (including phenoxy) is 1. The van der Waals surface area contributed by atoms with Crippen LogP contribution in [0, 0.1) is 5.92 Å². The van der Waals surface area contributed by atoms with Gasteiger partial charge in [-0.3, -0.25) is 9.69 Å². The van der Waals surface area contributed by atoms with Gasteiger partial charge >= 0.3 is 0 Å². The molecule has 1 aliphatic rings. The lowest BCUT2D eigenvalue weighted by molar-refractivity contribution is -0.123. The minimum Gasteiger partial charge on any atom is -0.497 e. The quantitative estimate of drug-likeness (QED) is 0.878. The Morgan fingerprint density at radius 3 is 2.86 bits per heavy atom. The van der Waals surface area contributed by atoms with Crippen LogP contribution < -0.4 is 10.1 Å². The molecule has 4 nitrogen and oxygen atoms in total. The molecule has 1 aromatic rings. The van der Waals surface area contributed by atoms with Crippen LogP contribution in [0.1, 0.15) is 38.2 Å². The summed E-state index contributed by atoms with van der Waals surface area (Å²) in [7, 11) is 3.64. The average molecular weight is 304 g/mol. The van der Waals surface area contributed by atoms with Crippen LogP contribution in [-0.2, 0) is 11.3 Å². The molecular formula is C18H28N2O2. The Kier molecular flexibility index (Phi) is 6.25. The summed E-state index contributed by atoms with van der Waals surface area (Å²) in [6.45, 7) is 3.41. The maximum absolute atomic E-state index is 12.2. The second-order valence-corrected chi connectivity index (χ2v) is 6.46. The van der Waals surface area contributed by atoms with E-state index in [1.807, 2.05) is 30.1 Å². The van der Waals surface area contributed by atoms with E-state index in [0.29, 0.717) is 18.5 Å². The van der Waals surface area contributed by atoms with Crippen molar-refractivity contribution >= 4 is 5.91 Å². The molecule has 0 aliphatic heterocycles. The fourth-order valence-electron chi connectivity index (χ4n) is 3.17. The largest absolute Gasteiger partial charge is 0.497 e. The monoisotopic (exact) mass is 304 g/mol. The van der Waals surface area contributed by atoms with Crippen molar-refractivity contribution in [1.29, 1.82) is 0 Å². The normalized spacial score (nSPS) is 21.6. The summed E-state index contributed by atoms with van der Waals surface area (Å²) in [5.74, 6) is 1.58. The van der Waals surface area contributed by atoms with Crippen LogP contribution >= 0.6 is 0 Å². The van der Waals surface area contributed by atoms with Gasteiger partial charge in [-0.2, -0.15) is 0 Å². The topological polar surface area (TPSA) is 41.6 Å². The van der Waals surface area contributed by atoms with Gasteiger partial charge in [-0.25, -0.2) is 0 Å². The lowest BCUT2D eigenvalue weighted by atomic mass is 9.86. The van der Waals surface area contributed by atoms with Crippen LogP contribution in [-0.4, -0.2) is 37.6 Å². The highest BCUT2D eigenvalue weighted by molar-refractivity contribution is 5.78. The van der Waals surface area contributed by atoms with Gasteiger partial charge in [-0.15, -0.1) is 0 Å². The molecule has 4 heteroatoms. The van der Waals surface area contributed by atoms with Crippen molar-refractivity contribution in [3.8, 4) is 5.75 Å². The number of rotatable bonds is 6. The molecule has 1 aliphatic carbocycles. The number of carbonyl (C=O) groups is 1. The van der Waals surface area contributed by atoms with Gasteiger partial charge in [-0.05, 0) is 43.5 Å². The summed E-state index contributed by atoms with van der Waals surface area (Å²) < 4.78 is 5.23. The standard InChI is InChI=1S/C18H28N2O2/c1-14-7-4-5-10-17(14)19-18(21)13-20(2)12-15-8-6-9-16(11-15)22-3/h6,8-9,11,14,17H,4-5,7,10,12-13H2,1-3H3,(H,19,21). The molecule has 1 amide bonds. The SMILES string of the molecule is COc1cccc(CN(C)CC(=O)NC2CCCCC2C)c1. The van der Waals surface area contributed by atoms with E-state index in [9.17, 15) is 4.79 Å². The highest BCUT2D eigenvalue weighted by Gasteiger charge is 2.23. The zero-order chi connectivity index (χ0) is 15.9. The van der Waals surface area contributed by atoms with Crippen LogP contribution in [0.15, 0.2) is 24.3 Å². The zero-order valence-electron chi connectivity index (χ0n) is 14.0. The molecule has 0 saturated heterocycles. The van der Waals surface area contributed by atoms with Crippen molar-refractivity contribution in [2.45, 2.75) is 45.2 Å². The number of nitrogens with one attached hydrogen (secondary N) is 1. The maximum Gasteiger partial charge on any atom is 0.234 e. The minimum absolute atomic E-state index is 0.129. The van der Waals surface area contributed by atoms with Gasteiger partial charge in [0.05, 0.1) is 13.7 Å². The lowest BCUT2D eigenvalue weighted by Crippen LogP contribution is -2.44. The van der Waals surface area contributed by atoms with Crippen LogP contribution in [0.5, 0.6) is 5.75 Å². The molecule has 2 atom stereocenters. The molecule has 2 unspecified atom stereocenters. The Morgan fingerprint density at radius 2 is 2.14 bits per heavy atom. The highest BCUT2D eigenvalue weighted by Crippen LogP contribution is 2.23. The van der Waals surface area contributed by atoms with Gasteiger partial charge in [0.2, 0.25) is 5.91 Å². The van der Waals surface area contributed by atoms with Gasteiger partial charge in [-0.1, -0.05) is 31.9 Å². The predicted octanol–water partition coefficient (Wildman–Crippen LogP) is 2.82. The average Bonchev–Trinajstić information content (AvgIpc) is 2.49. The third kappa shape index (κ3) is 5.02. The van der Waals surface area contributed by atoms with E-state index in [4.69, 9.17) is 4.74 Å². The summed E-state index contributed by atoms with van der Waals surface area (Å²) in [6.07, 6.45) is 4.87. The molecule has 0 aromatic heterocycles. The second-order valence-electron chi connectivity index (χ2n) is 6.46. The van der Waals surface area contributed by atoms with Crippen LogP contribution in [0.3, 0.4) is 0 Å². The van der Waals surface area contributed by atoms with Crippen molar-refractivity contribution in [3.05, 3.63) is 29.8 Å². The van der Waals surface area contributed by atoms with E-state index in [1.165, 1.54) is 19.3 Å². The minimum atomic E-state index is 0.129. The molecule has 1 saturated carbocycles. The Hall–Kier alpha value is -1.55. The van der Waals surface area contributed by atoms with Crippen LogP contribution in [0.2, 0.25) is 0 Å². The maximum atomic E-state index is 12.2. The van der Waals surface area contributed by atoms with E-state index >= 15 is 0 Å². The number of hydrogen-bond donors (Lipinski definition) is 1. The third-order valence-corrected chi connectivity index (χ3v) is 4.46. The number of methoxy groups -OCH3 is 1. The van der Waals surface area contributed by atoms with Gasteiger partial charge in [0.15, 0.2) is 0 Å². The zero-order valence-corrected chi connectivity index (χ0v) is 14.0. The highest BCUT2D eigenvalue weighted by atomic mass is 16.5. The first kappa shape index (κ1) is 16.8. The molecule has 0 radical (unpaired) electrons. The Bertz CT molecular complexity index is 490. The molecule has 0 bridgehead atoms. The van der Waals surface area contributed by atoms with Gasteiger partial charge in [0.25, 0.3) is 0 Å². The number of hydrogen-bond acceptors (Lipinski definition) is 3. The molecule has 1 fully saturated rings. The molecule has 0 spiro atoms. The van der Waals surface area contributed by atoms with Gasteiger partial charge in [0.1, 0.15) is 5.75 Å². The van der Waals surface area contributed by atoms with E-state index < -0.39 is 0 Å². The van der Waals surface area contributed by atoms with Crippen LogP contribution in [0.4, 0.5) is 0 Å². The van der Waals surface area contributed by atoms with Crippen molar-refractivity contribution in [2.75, 3.05) is 20.7 Å². The molecule has 0 heterocycles. The summed E-state index contributed by atoms with van der Waals surface area (Å²) >= 11 is 0. The molecule has 122 valence electrons. The van der Waals surface area contributed by atoms with Crippen molar-refractivity contribution in [1.82, 2.24) is 10.2 Å². The second kappa shape index (κ2) is 8.18. The summed E-state index contributed by atoms with van der Waals surface area (Å²) in [5, 5.41) is 3.20. The molecular weight excluding hydrogens is 276 g/mol. The van der Waals surface area contributed by atoms with Crippen molar-refractivity contribution < 1.29 is 9.53 Å². The fourth-order valence-corrected chi connectivity index (χ4v) is 3.17. The third-order valence-electron chi connectivity index (χ3n) is 4.46. The van der Waals surface area contributed by atoms with Crippen molar-refractivity contribution in [3.63, 3.8) is 0 Å². The Labute approximate surface area is 133 Å². The Morgan fingerprint density at radius 1 is 1.36 bits per heavy atom. The lowest BCUT2D eigenvalue weighted by Gasteiger charge is -2.30. The summed E-state index contributed by atoms with van der Waals surface area (Å²) in [5.41, 5.74) is 1.15. The number of likely N-dealkylation sites (N-methyl/N-ethyl adjacent to an activating group) is 1. The fraction of sp³-hybridized carbons (Fsp3) is 0.611. The van der Waals surface area contributed by atoms with E-state index in [-0.39, 0.29) is 5.91 Å². The number of benzene rings is 1. The van der Waals surface area contributed by atoms with Gasteiger partial charge in [0, 0.05) is 12.6 Å². The van der Waals surface area contributed by atoms with E-state index in [0.717, 1.165) is 24.3 Å². The van der Waals surface area contributed by atoms with E-state index in [1.54, 1.807) is 7.11 Å². The molecule has 2 rings (SSSR count). The number of nitrogens with zero attached hydrogens (tertiary/aromatic N) is 1. The van der Waals surface area contributed by atoms with Gasteiger partial charge < -0.3 is 10.1 Å². The molecule has 22 heavy (non-hydrogen) atoms.